The first-order valence-corrected chi connectivity index (χ1v) is 4.41. The van der Waals surface area contributed by atoms with Crippen LogP contribution >= 0.6 is 0 Å². The second kappa shape index (κ2) is 3.23. The zero-order valence-electron chi connectivity index (χ0n) is 7.90. The summed E-state index contributed by atoms with van der Waals surface area (Å²) >= 11 is 0. The Morgan fingerprint density at radius 2 is 1.92 bits per heavy atom. The van der Waals surface area contributed by atoms with E-state index in [0.29, 0.717) is 0 Å². The van der Waals surface area contributed by atoms with E-state index in [4.69, 9.17) is 4.84 Å². The van der Waals surface area contributed by atoms with Gasteiger partial charge in [-0.1, -0.05) is 30.3 Å². The molecular formula is C11H13NO. The molecular weight excluding hydrogens is 162 g/mol. The molecule has 2 rings (SSSR count). The molecule has 1 unspecified atom stereocenters. The van der Waals surface area contributed by atoms with Gasteiger partial charge in [0.15, 0.2) is 0 Å². The molecule has 0 radical (unpaired) electrons. The van der Waals surface area contributed by atoms with Gasteiger partial charge in [-0.2, -0.15) is 0 Å². The van der Waals surface area contributed by atoms with E-state index < -0.39 is 0 Å². The normalized spacial score (nSPS) is 22.6. The predicted molar refractivity (Wildman–Crippen MR) is 51.8 cm³/mol. The molecule has 0 saturated heterocycles. The van der Waals surface area contributed by atoms with Gasteiger partial charge in [0.2, 0.25) is 0 Å². The van der Waals surface area contributed by atoms with Crippen molar-refractivity contribution in [2.75, 3.05) is 7.05 Å². The van der Waals surface area contributed by atoms with Crippen LogP contribution in [-0.2, 0) is 4.84 Å². The second-order valence-corrected chi connectivity index (χ2v) is 3.27. The van der Waals surface area contributed by atoms with Crippen LogP contribution in [0, 0.1) is 0 Å². The van der Waals surface area contributed by atoms with Crippen LogP contribution in [0.25, 0.3) is 0 Å². The van der Waals surface area contributed by atoms with E-state index in [9.17, 15) is 0 Å². The summed E-state index contributed by atoms with van der Waals surface area (Å²) in [4.78, 5) is 5.42. The molecule has 1 aliphatic rings. The number of rotatable bonds is 1. The van der Waals surface area contributed by atoms with Crippen LogP contribution in [0.2, 0.25) is 0 Å². The van der Waals surface area contributed by atoms with Crippen molar-refractivity contribution in [2.45, 2.75) is 13.0 Å². The molecule has 1 atom stereocenters. The highest BCUT2D eigenvalue weighted by atomic mass is 16.7. The Morgan fingerprint density at radius 1 is 1.23 bits per heavy atom. The maximum absolute atomic E-state index is 5.42. The summed E-state index contributed by atoms with van der Waals surface area (Å²) in [6, 6.07) is 10.6. The third kappa shape index (κ3) is 1.58. The van der Waals surface area contributed by atoms with Gasteiger partial charge in [-0.05, 0) is 18.6 Å². The fraction of sp³-hybridized carbons (Fsp3) is 0.273. The molecule has 1 heterocycles. The summed E-state index contributed by atoms with van der Waals surface area (Å²) in [6.07, 6.45) is 2.12. The number of hydrogen-bond acceptors (Lipinski definition) is 2. The van der Waals surface area contributed by atoms with Gasteiger partial charge in [0.1, 0.15) is 5.76 Å². The van der Waals surface area contributed by atoms with E-state index >= 15 is 0 Å². The smallest absolute Gasteiger partial charge is 0.119 e. The molecule has 0 saturated carbocycles. The molecule has 0 aliphatic carbocycles. The standard InChI is InChI=1S/C11H13NO/c1-9-8-11(12(2)13-9)10-6-4-3-5-7-10/h3-8,11H,1-2H3. The minimum atomic E-state index is 0.265. The maximum Gasteiger partial charge on any atom is 0.119 e. The first-order chi connectivity index (χ1) is 6.27. The molecule has 2 heteroatoms. The lowest BCUT2D eigenvalue weighted by Crippen LogP contribution is -2.16. The Labute approximate surface area is 78.4 Å². The van der Waals surface area contributed by atoms with E-state index in [-0.39, 0.29) is 6.04 Å². The molecule has 0 N–H and O–H groups in total. The fourth-order valence-corrected chi connectivity index (χ4v) is 1.60. The molecule has 0 fully saturated rings. The molecule has 13 heavy (non-hydrogen) atoms. The van der Waals surface area contributed by atoms with Crippen molar-refractivity contribution in [1.82, 2.24) is 5.06 Å². The van der Waals surface area contributed by atoms with Crippen LogP contribution < -0.4 is 0 Å². The van der Waals surface area contributed by atoms with Gasteiger partial charge >= 0.3 is 0 Å². The average molecular weight is 175 g/mol. The molecule has 0 aromatic heterocycles. The quantitative estimate of drug-likeness (QED) is 0.650. The van der Waals surface area contributed by atoms with Crippen LogP contribution in [0.4, 0.5) is 0 Å². The molecule has 0 amide bonds. The minimum Gasteiger partial charge on any atom is -0.410 e. The molecule has 0 spiro atoms. The van der Waals surface area contributed by atoms with Crippen LogP contribution in [0.1, 0.15) is 18.5 Å². The number of hydroxylamine groups is 2. The largest absolute Gasteiger partial charge is 0.410 e. The number of allylic oxidation sites excluding steroid dienone is 1. The lowest BCUT2D eigenvalue weighted by Gasteiger charge is -2.17. The highest BCUT2D eigenvalue weighted by molar-refractivity contribution is 5.24. The summed E-state index contributed by atoms with van der Waals surface area (Å²) < 4.78 is 0. The summed E-state index contributed by atoms with van der Waals surface area (Å²) in [5, 5.41) is 1.87. The van der Waals surface area contributed by atoms with Crippen LogP contribution in [-0.4, -0.2) is 12.1 Å². The lowest BCUT2D eigenvalue weighted by atomic mass is 10.1. The second-order valence-electron chi connectivity index (χ2n) is 3.27. The third-order valence-electron chi connectivity index (χ3n) is 2.21. The fourth-order valence-electron chi connectivity index (χ4n) is 1.60. The zero-order valence-corrected chi connectivity index (χ0v) is 7.90. The monoisotopic (exact) mass is 175 g/mol. The van der Waals surface area contributed by atoms with Crippen LogP contribution in [0.3, 0.4) is 0 Å². The van der Waals surface area contributed by atoms with E-state index in [1.54, 1.807) is 0 Å². The predicted octanol–water partition coefficient (Wildman–Crippen LogP) is 2.51. The van der Waals surface area contributed by atoms with Crippen LogP contribution in [0.15, 0.2) is 42.2 Å². The highest BCUT2D eigenvalue weighted by Crippen LogP contribution is 2.28. The van der Waals surface area contributed by atoms with Crippen molar-refractivity contribution in [3.8, 4) is 0 Å². The number of likely N-dealkylation sites (N-methyl/N-ethyl adjacent to an activating group) is 1. The van der Waals surface area contributed by atoms with Gasteiger partial charge in [-0.25, -0.2) is 0 Å². The van der Waals surface area contributed by atoms with Crippen LogP contribution in [0.5, 0.6) is 0 Å². The van der Waals surface area contributed by atoms with Crippen molar-refractivity contribution >= 4 is 0 Å². The number of benzene rings is 1. The maximum atomic E-state index is 5.42. The third-order valence-corrected chi connectivity index (χ3v) is 2.21. The SMILES string of the molecule is CC1=CC(c2ccccc2)N(C)O1. The van der Waals surface area contributed by atoms with Crippen molar-refractivity contribution in [3.05, 3.63) is 47.7 Å². The van der Waals surface area contributed by atoms with Gasteiger partial charge in [-0.15, -0.1) is 5.06 Å². The van der Waals surface area contributed by atoms with E-state index in [1.807, 2.05) is 37.2 Å². The van der Waals surface area contributed by atoms with Gasteiger partial charge in [0.25, 0.3) is 0 Å². The molecule has 1 aromatic carbocycles. The summed E-state index contributed by atoms with van der Waals surface area (Å²) in [5.74, 6) is 0.969. The number of hydrogen-bond donors (Lipinski definition) is 0. The van der Waals surface area contributed by atoms with E-state index in [2.05, 4.69) is 18.2 Å². The first-order valence-electron chi connectivity index (χ1n) is 4.41. The van der Waals surface area contributed by atoms with Crippen molar-refractivity contribution in [1.29, 1.82) is 0 Å². The van der Waals surface area contributed by atoms with Gasteiger partial charge < -0.3 is 4.84 Å². The lowest BCUT2D eigenvalue weighted by molar-refractivity contribution is -0.0940. The summed E-state index contributed by atoms with van der Waals surface area (Å²) in [7, 11) is 1.95. The Balaban J connectivity index is 2.27. The zero-order chi connectivity index (χ0) is 9.26. The minimum absolute atomic E-state index is 0.265. The van der Waals surface area contributed by atoms with Gasteiger partial charge in [0, 0.05) is 7.05 Å². The van der Waals surface area contributed by atoms with Crippen molar-refractivity contribution in [2.24, 2.45) is 0 Å². The number of nitrogens with zero attached hydrogens (tertiary/aromatic N) is 1. The first kappa shape index (κ1) is 8.32. The Kier molecular flexibility index (Phi) is 2.07. The molecule has 0 bridgehead atoms. The summed E-state index contributed by atoms with van der Waals surface area (Å²) in [5.41, 5.74) is 1.27. The average Bonchev–Trinajstić information content (AvgIpc) is 2.47. The highest BCUT2D eigenvalue weighted by Gasteiger charge is 2.22. The van der Waals surface area contributed by atoms with Crippen molar-refractivity contribution in [3.63, 3.8) is 0 Å². The topological polar surface area (TPSA) is 12.5 Å². The van der Waals surface area contributed by atoms with Gasteiger partial charge in [0.05, 0.1) is 6.04 Å². The van der Waals surface area contributed by atoms with E-state index in [1.165, 1.54) is 5.56 Å². The Bertz CT molecular complexity index is 318. The molecule has 1 aromatic rings. The Morgan fingerprint density at radius 3 is 2.46 bits per heavy atom. The Hall–Kier alpha value is -1.28. The molecule has 68 valence electrons. The molecule has 2 nitrogen and oxygen atoms in total. The summed E-state index contributed by atoms with van der Waals surface area (Å²) in [6.45, 7) is 1.97. The molecule has 1 aliphatic heterocycles. The van der Waals surface area contributed by atoms with Crippen molar-refractivity contribution < 1.29 is 4.84 Å². The van der Waals surface area contributed by atoms with E-state index in [0.717, 1.165) is 5.76 Å². The van der Waals surface area contributed by atoms with Gasteiger partial charge in [-0.3, -0.25) is 0 Å².